The Kier molecular flexibility index (Phi) is 8.62. The smallest absolute Gasteiger partial charge is 0.326 e. The lowest BCUT2D eigenvalue weighted by atomic mass is 10.1. The van der Waals surface area contributed by atoms with Crippen molar-refractivity contribution in [2.24, 2.45) is 5.92 Å². The number of carbonyl (C=O) groups is 2. The molecule has 0 aliphatic rings. The van der Waals surface area contributed by atoms with E-state index in [-0.39, 0.29) is 12.0 Å². The van der Waals surface area contributed by atoms with Crippen molar-refractivity contribution in [1.29, 1.82) is 0 Å². The van der Waals surface area contributed by atoms with Gasteiger partial charge in [0.2, 0.25) is 0 Å². The van der Waals surface area contributed by atoms with E-state index >= 15 is 0 Å². The first-order valence-corrected chi connectivity index (χ1v) is 7.41. The van der Waals surface area contributed by atoms with Crippen molar-refractivity contribution in [3.63, 3.8) is 0 Å². The molecule has 3 N–H and O–H groups in total. The van der Waals surface area contributed by atoms with Crippen molar-refractivity contribution in [1.82, 2.24) is 10.6 Å². The van der Waals surface area contributed by atoms with Crippen LogP contribution in [0.15, 0.2) is 0 Å². The molecular formula is C12H24N2O3S. The lowest BCUT2D eigenvalue weighted by molar-refractivity contribution is -0.140. The lowest BCUT2D eigenvalue weighted by Crippen LogP contribution is -2.50. The number of rotatable bonds is 8. The molecule has 0 aliphatic heterocycles. The maximum absolute atomic E-state index is 11.6. The molecule has 2 unspecified atom stereocenters. The summed E-state index contributed by atoms with van der Waals surface area (Å²) < 4.78 is 0. The van der Waals surface area contributed by atoms with Crippen LogP contribution in [0.2, 0.25) is 0 Å². The first kappa shape index (κ1) is 17.1. The predicted octanol–water partition coefficient (Wildman–Crippen LogP) is 1.93. The average molecular weight is 276 g/mol. The number of carbonyl (C=O) groups excluding carboxylic acids is 1. The van der Waals surface area contributed by atoms with Gasteiger partial charge in [0.05, 0.1) is 0 Å². The molecule has 0 aromatic rings. The molecule has 0 aliphatic carbocycles. The van der Waals surface area contributed by atoms with Gasteiger partial charge in [0.25, 0.3) is 0 Å². The zero-order valence-corrected chi connectivity index (χ0v) is 12.3. The Morgan fingerprint density at radius 3 is 2.28 bits per heavy atom. The van der Waals surface area contributed by atoms with E-state index in [1.54, 1.807) is 13.8 Å². The number of urea groups is 1. The number of aliphatic carboxylic acids is 1. The molecule has 0 heterocycles. The van der Waals surface area contributed by atoms with E-state index in [4.69, 9.17) is 5.11 Å². The summed E-state index contributed by atoms with van der Waals surface area (Å²) in [6, 6.07) is -1.21. The molecule has 2 amide bonds. The van der Waals surface area contributed by atoms with Crippen molar-refractivity contribution in [2.45, 2.75) is 46.2 Å². The van der Waals surface area contributed by atoms with Crippen molar-refractivity contribution in [3.05, 3.63) is 0 Å². The topological polar surface area (TPSA) is 78.4 Å². The van der Waals surface area contributed by atoms with Crippen LogP contribution in [0.3, 0.4) is 0 Å². The molecule has 0 saturated carbocycles. The fraction of sp³-hybridized carbons (Fsp3) is 0.833. The van der Waals surface area contributed by atoms with E-state index in [2.05, 4.69) is 17.6 Å². The molecule has 0 aromatic heterocycles. The van der Waals surface area contributed by atoms with Gasteiger partial charge < -0.3 is 15.7 Å². The van der Waals surface area contributed by atoms with Crippen molar-refractivity contribution in [2.75, 3.05) is 11.5 Å². The molecule has 5 nitrogen and oxygen atoms in total. The van der Waals surface area contributed by atoms with Crippen LogP contribution in [0.25, 0.3) is 0 Å². The van der Waals surface area contributed by atoms with Crippen LogP contribution in [0, 0.1) is 5.92 Å². The highest BCUT2D eigenvalue weighted by Crippen LogP contribution is 2.04. The minimum absolute atomic E-state index is 0.0469. The quantitative estimate of drug-likeness (QED) is 0.592. The number of hydrogen-bond donors (Lipinski definition) is 3. The van der Waals surface area contributed by atoms with Crippen LogP contribution in [-0.4, -0.2) is 40.7 Å². The number of thioether (sulfide) groups is 1. The first-order valence-electron chi connectivity index (χ1n) is 6.26. The minimum Gasteiger partial charge on any atom is -0.480 e. The van der Waals surface area contributed by atoms with Gasteiger partial charge in [0, 0.05) is 6.04 Å². The van der Waals surface area contributed by atoms with Gasteiger partial charge >= 0.3 is 12.0 Å². The number of carboxylic acids is 1. The Bertz CT molecular complexity index is 272. The maximum Gasteiger partial charge on any atom is 0.326 e. The zero-order chi connectivity index (χ0) is 14.1. The van der Waals surface area contributed by atoms with Gasteiger partial charge in [-0.25, -0.2) is 9.59 Å². The van der Waals surface area contributed by atoms with E-state index in [9.17, 15) is 9.59 Å². The second-order valence-corrected chi connectivity index (χ2v) is 5.96. The molecule has 0 radical (unpaired) electrons. The number of nitrogens with one attached hydrogen (secondary N) is 2. The highest BCUT2D eigenvalue weighted by molar-refractivity contribution is 7.99. The Labute approximate surface area is 113 Å². The Morgan fingerprint density at radius 2 is 1.83 bits per heavy atom. The standard InChI is InChI=1S/C12H24N2O3S/c1-5-18-7-6-9(4)13-12(17)14-10(8(2)3)11(15)16/h8-10H,5-7H2,1-4H3,(H,15,16)(H2,13,14,17). The third-order valence-corrected chi connectivity index (χ3v) is 3.43. The molecular weight excluding hydrogens is 252 g/mol. The fourth-order valence-electron chi connectivity index (χ4n) is 1.40. The van der Waals surface area contributed by atoms with Crippen molar-refractivity contribution in [3.8, 4) is 0 Å². The summed E-state index contributed by atoms with van der Waals surface area (Å²) in [4.78, 5) is 22.5. The fourth-order valence-corrected chi connectivity index (χ4v) is 2.21. The van der Waals surface area contributed by atoms with Crippen LogP contribution in [-0.2, 0) is 4.79 Å². The molecule has 0 bridgehead atoms. The average Bonchev–Trinajstić information content (AvgIpc) is 2.25. The van der Waals surface area contributed by atoms with Gasteiger partial charge in [-0.3, -0.25) is 0 Å². The van der Waals surface area contributed by atoms with Crippen LogP contribution in [0.5, 0.6) is 0 Å². The first-order chi connectivity index (χ1) is 8.38. The molecule has 106 valence electrons. The number of amides is 2. The summed E-state index contributed by atoms with van der Waals surface area (Å²) >= 11 is 1.82. The van der Waals surface area contributed by atoms with Crippen molar-refractivity contribution < 1.29 is 14.7 Å². The minimum atomic E-state index is -1.01. The van der Waals surface area contributed by atoms with Gasteiger partial charge in [0.1, 0.15) is 6.04 Å². The van der Waals surface area contributed by atoms with Crippen molar-refractivity contribution >= 4 is 23.8 Å². The summed E-state index contributed by atoms with van der Waals surface area (Å²) in [5.74, 6) is 0.909. The summed E-state index contributed by atoms with van der Waals surface area (Å²) in [5, 5.41) is 14.2. The monoisotopic (exact) mass is 276 g/mol. The molecule has 0 spiro atoms. The van der Waals surface area contributed by atoms with Gasteiger partial charge in [-0.15, -0.1) is 0 Å². The number of hydrogen-bond acceptors (Lipinski definition) is 3. The van der Waals surface area contributed by atoms with E-state index < -0.39 is 18.0 Å². The van der Waals surface area contributed by atoms with Gasteiger partial charge in [0.15, 0.2) is 0 Å². The Balaban J connectivity index is 4.04. The third-order valence-electron chi connectivity index (χ3n) is 2.50. The molecule has 18 heavy (non-hydrogen) atoms. The van der Waals surface area contributed by atoms with Crippen LogP contribution in [0.1, 0.15) is 34.1 Å². The van der Waals surface area contributed by atoms with Crippen LogP contribution in [0.4, 0.5) is 4.79 Å². The second kappa shape index (κ2) is 9.08. The largest absolute Gasteiger partial charge is 0.480 e. The highest BCUT2D eigenvalue weighted by Gasteiger charge is 2.23. The Morgan fingerprint density at radius 1 is 1.22 bits per heavy atom. The van der Waals surface area contributed by atoms with Crippen LogP contribution >= 0.6 is 11.8 Å². The maximum atomic E-state index is 11.6. The van der Waals surface area contributed by atoms with Gasteiger partial charge in [-0.1, -0.05) is 20.8 Å². The predicted molar refractivity (Wildman–Crippen MR) is 75.0 cm³/mol. The van der Waals surface area contributed by atoms with Crippen LogP contribution < -0.4 is 10.6 Å². The normalized spacial score (nSPS) is 14.1. The number of carboxylic acid groups (broad SMARTS) is 1. The summed E-state index contributed by atoms with van der Waals surface area (Å²) in [6.07, 6.45) is 0.880. The Hall–Kier alpha value is -0.910. The van der Waals surface area contributed by atoms with E-state index in [0.717, 1.165) is 17.9 Å². The summed E-state index contributed by atoms with van der Waals surface area (Å²) in [7, 11) is 0. The molecule has 0 saturated heterocycles. The summed E-state index contributed by atoms with van der Waals surface area (Å²) in [5.41, 5.74) is 0. The van der Waals surface area contributed by atoms with Gasteiger partial charge in [-0.2, -0.15) is 11.8 Å². The highest BCUT2D eigenvalue weighted by atomic mass is 32.2. The molecule has 6 heteroatoms. The second-order valence-electron chi connectivity index (χ2n) is 4.56. The van der Waals surface area contributed by atoms with E-state index in [1.165, 1.54) is 0 Å². The molecule has 0 rings (SSSR count). The van der Waals surface area contributed by atoms with E-state index in [1.807, 2.05) is 18.7 Å². The van der Waals surface area contributed by atoms with E-state index in [0.29, 0.717) is 0 Å². The van der Waals surface area contributed by atoms with Gasteiger partial charge in [-0.05, 0) is 30.8 Å². The molecule has 0 fully saturated rings. The SMILES string of the molecule is CCSCCC(C)NC(=O)NC(C(=O)O)C(C)C. The molecule has 0 aromatic carbocycles. The lowest BCUT2D eigenvalue weighted by Gasteiger charge is -2.20. The third kappa shape index (κ3) is 7.42. The zero-order valence-electron chi connectivity index (χ0n) is 11.5. The molecule has 2 atom stereocenters. The summed E-state index contributed by atoms with van der Waals surface area (Å²) in [6.45, 7) is 7.54.